The molecule has 1 amide bonds. The number of para-hydroxylation sites is 2. The highest BCUT2D eigenvalue weighted by Gasteiger charge is 2.41. The standard InChI is InChI=1S/C32H35N5OS/c1-20-11-6-7-14-26(20)34-28(38)16-18-36-31(29(35-32(36)39)27-15-8-9-17-33-27)25-19-23(4)37(24(25)5)30-21(2)12-10-13-22(30)3/h6-15,17,19,29,31H,16,18H2,1-5H3,(H,34,38)(H,35,39)/t29-,31-/m0/s1. The summed E-state index contributed by atoms with van der Waals surface area (Å²) in [6.07, 6.45) is 2.13. The van der Waals surface area contributed by atoms with Crippen LogP contribution in [0.25, 0.3) is 5.69 Å². The zero-order valence-corrected chi connectivity index (χ0v) is 24.0. The van der Waals surface area contributed by atoms with Crippen molar-refractivity contribution in [2.45, 2.75) is 53.1 Å². The Hall–Kier alpha value is -3.97. The third-order valence-electron chi connectivity index (χ3n) is 7.65. The van der Waals surface area contributed by atoms with Gasteiger partial charge in [-0.1, -0.05) is 42.5 Å². The second-order valence-electron chi connectivity index (χ2n) is 10.3. The van der Waals surface area contributed by atoms with E-state index in [2.05, 4.69) is 77.0 Å². The number of thiocarbonyl (C=S) groups is 1. The third kappa shape index (κ3) is 5.19. The van der Waals surface area contributed by atoms with Gasteiger partial charge in [-0.15, -0.1) is 0 Å². The molecule has 3 heterocycles. The van der Waals surface area contributed by atoms with Crippen LogP contribution in [-0.2, 0) is 4.79 Å². The smallest absolute Gasteiger partial charge is 0.226 e. The van der Waals surface area contributed by atoms with Gasteiger partial charge in [-0.05, 0) is 93.4 Å². The normalized spacial score (nSPS) is 16.8. The molecule has 6 nitrogen and oxygen atoms in total. The van der Waals surface area contributed by atoms with E-state index in [0.29, 0.717) is 18.1 Å². The van der Waals surface area contributed by atoms with E-state index in [4.69, 9.17) is 12.2 Å². The Morgan fingerprint density at radius 2 is 1.64 bits per heavy atom. The molecule has 0 radical (unpaired) electrons. The van der Waals surface area contributed by atoms with E-state index in [1.54, 1.807) is 0 Å². The summed E-state index contributed by atoms with van der Waals surface area (Å²) in [6.45, 7) is 11.1. The molecule has 4 aromatic rings. The fourth-order valence-electron chi connectivity index (χ4n) is 5.72. The minimum atomic E-state index is -0.134. The quantitative estimate of drug-likeness (QED) is 0.267. The van der Waals surface area contributed by atoms with E-state index in [1.165, 1.54) is 22.4 Å². The van der Waals surface area contributed by atoms with Crippen molar-refractivity contribution in [1.82, 2.24) is 19.8 Å². The maximum atomic E-state index is 13.0. The van der Waals surface area contributed by atoms with Crippen LogP contribution >= 0.6 is 12.2 Å². The van der Waals surface area contributed by atoms with Gasteiger partial charge in [0.05, 0.1) is 23.5 Å². The maximum absolute atomic E-state index is 13.0. The minimum absolute atomic E-state index is 0.0341. The fraction of sp³-hybridized carbons (Fsp3) is 0.281. The summed E-state index contributed by atoms with van der Waals surface area (Å²) < 4.78 is 2.35. The lowest BCUT2D eigenvalue weighted by Gasteiger charge is -2.28. The van der Waals surface area contributed by atoms with Crippen molar-refractivity contribution in [3.63, 3.8) is 0 Å². The van der Waals surface area contributed by atoms with Gasteiger partial charge < -0.3 is 20.1 Å². The lowest BCUT2D eigenvalue weighted by atomic mass is 9.96. The molecule has 1 fully saturated rings. The summed E-state index contributed by atoms with van der Waals surface area (Å²) in [5.41, 5.74) is 9.98. The molecular weight excluding hydrogens is 502 g/mol. The molecule has 2 N–H and O–H groups in total. The number of aryl methyl sites for hydroxylation is 4. The van der Waals surface area contributed by atoms with E-state index in [-0.39, 0.29) is 18.0 Å². The molecule has 200 valence electrons. The minimum Gasteiger partial charge on any atom is -0.352 e. The number of rotatable bonds is 7. The van der Waals surface area contributed by atoms with Crippen LogP contribution in [0.1, 0.15) is 57.8 Å². The maximum Gasteiger partial charge on any atom is 0.226 e. The first-order valence-corrected chi connectivity index (χ1v) is 13.8. The molecule has 1 aliphatic heterocycles. The molecule has 0 saturated carbocycles. The number of hydrogen-bond donors (Lipinski definition) is 2. The second-order valence-corrected chi connectivity index (χ2v) is 10.7. The Balaban J connectivity index is 1.50. The number of nitrogens with zero attached hydrogens (tertiary/aromatic N) is 3. The average Bonchev–Trinajstić information content (AvgIpc) is 3.39. The van der Waals surface area contributed by atoms with Crippen LogP contribution in [0.5, 0.6) is 0 Å². The number of pyridine rings is 1. The largest absolute Gasteiger partial charge is 0.352 e. The molecule has 2 aromatic heterocycles. The lowest BCUT2D eigenvalue weighted by molar-refractivity contribution is -0.116. The molecule has 5 rings (SSSR count). The van der Waals surface area contributed by atoms with Gasteiger partial charge in [0.15, 0.2) is 5.11 Å². The molecular formula is C32H35N5OS. The van der Waals surface area contributed by atoms with Crippen LogP contribution in [0, 0.1) is 34.6 Å². The second kappa shape index (κ2) is 11.0. The molecule has 2 aromatic carbocycles. The van der Waals surface area contributed by atoms with Gasteiger partial charge >= 0.3 is 0 Å². The summed E-state index contributed by atoms with van der Waals surface area (Å²) in [7, 11) is 0. The molecule has 7 heteroatoms. The Kier molecular flexibility index (Phi) is 7.53. The Bertz CT molecular complexity index is 1510. The summed E-state index contributed by atoms with van der Waals surface area (Å²) in [4.78, 5) is 19.8. The molecule has 1 aliphatic rings. The molecule has 0 unspecified atom stereocenters. The van der Waals surface area contributed by atoms with Crippen LogP contribution in [0.15, 0.2) is 72.9 Å². The van der Waals surface area contributed by atoms with Crippen LogP contribution in [0.3, 0.4) is 0 Å². The average molecular weight is 538 g/mol. The third-order valence-corrected chi connectivity index (χ3v) is 8.00. The first kappa shape index (κ1) is 26.6. The number of anilines is 1. The summed E-state index contributed by atoms with van der Waals surface area (Å²) in [5, 5.41) is 7.22. The van der Waals surface area contributed by atoms with Gasteiger partial charge in [0, 0.05) is 36.2 Å². The Labute approximate surface area is 236 Å². The van der Waals surface area contributed by atoms with Crippen LogP contribution in [0.4, 0.5) is 5.69 Å². The van der Waals surface area contributed by atoms with Gasteiger partial charge in [-0.2, -0.15) is 0 Å². The number of carbonyl (C=O) groups is 1. The molecule has 0 aliphatic carbocycles. The highest BCUT2D eigenvalue weighted by molar-refractivity contribution is 7.80. The van der Waals surface area contributed by atoms with Crippen molar-refractivity contribution in [1.29, 1.82) is 0 Å². The summed E-state index contributed by atoms with van der Waals surface area (Å²) in [6, 6.07) is 22.2. The van der Waals surface area contributed by atoms with Gasteiger partial charge in [0.2, 0.25) is 5.91 Å². The molecule has 39 heavy (non-hydrogen) atoms. The van der Waals surface area contributed by atoms with Crippen molar-refractivity contribution in [3.8, 4) is 5.69 Å². The van der Waals surface area contributed by atoms with Crippen molar-refractivity contribution in [3.05, 3.63) is 112 Å². The molecule has 0 spiro atoms. The van der Waals surface area contributed by atoms with Crippen molar-refractivity contribution in [2.24, 2.45) is 0 Å². The van der Waals surface area contributed by atoms with Crippen LogP contribution in [-0.4, -0.2) is 32.0 Å². The number of carbonyl (C=O) groups excluding carboxylic acids is 1. The van der Waals surface area contributed by atoms with Gasteiger partial charge in [0.25, 0.3) is 0 Å². The molecule has 0 bridgehead atoms. The van der Waals surface area contributed by atoms with E-state index in [9.17, 15) is 4.79 Å². The van der Waals surface area contributed by atoms with Gasteiger partial charge in [-0.3, -0.25) is 9.78 Å². The molecule has 2 atom stereocenters. The number of aromatic nitrogens is 2. The predicted molar refractivity (Wildman–Crippen MR) is 161 cm³/mol. The summed E-state index contributed by atoms with van der Waals surface area (Å²) >= 11 is 5.86. The van der Waals surface area contributed by atoms with Crippen LogP contribution < -0.4 is 10.6 Å². The van der Waals surface area contributed by atoms with Crippen LogP contribution in [0.2, 0.25) is 0 Å². The van der Waals surface area contributed by atoms with Crippen molar-refractivity contribution < 1.29 is 4.79 Å². The zero-order chi connectivity index (χ0) is 27.7. The van der Waals surface area contributed by atoms with Crippen molar-refractivity contribution >= 4 is 28.9 Å². The zero-order valence-electron chi connectivity index (χ0n) is 23.2. The number of benzene rings is 2. The van der Waals surface area contributed by atoms with Gasteiger partial charge in [-0.25, -0.2) is 0 Å². The number of amides is 1. The van der Waals surface area contributed by atoms with Crippen molar-refractivity contribution in [2.75, 3.05) is 11.9 Å². The molecule has 1 saturated heterocycles. The number of nitrogens with one attached hydrogen (secondary N) is 2. The first-order valence-electron chi connectivity index (χ1n) is 13.3. The summed E-state index contributed by atoms with van der Waals surface area (Å²) in [5.74, 6) is -0.0341. The van der Waals surface area contributed by atoms with E-state index in [1.807, 2.05) is 55.6 Å². The van der Waals surface area contributed by atoms with E-state index >= 15 is 0 Å². The van der Waals surface area contributed by atoms with E-state index < -0.39 is 0 Å². The van der Waals surface area contributed by atoms with Gasteiger partial charge in [0.1, 0.15) is 0 Å². The monoisotopic (exact) mass is 537 g/mol. The SMILES string of the molecule is Cc1ccccc1NC(=O)CCN1C(=S)N[C@@H](c2ccccn2)[C@@H]1c1cc(C)n(-c2c(C)cccc2C)c1C. The van der Waals surface area contributed by atoms with E-state index in [0.717, 1.165) is 28.3 Å². The lowest BCUT2D eigenvalue weighted by Crippen LogP contribution is -2.33. The highest BCUT2D eigenvalue weighted by atomic mass is 32.1. The first-order chi connectivity index (χ1) is 18.8. The Morgan fingerprint density at radius 1 is 0.949 bits per heavy atom. The fourth-order valence-corrected chi connectivity index (χ4v) is 6.05. The highest BCUT2D eigenvalue weighted by Crippen LogP contribution is 2.42. The predicted octanol–water partition coefficient (Wildman–Crippen LogP) is 6.42. The topological polar surface area (TPSA) is 62.2 Å². The number of hydrogen-bond acceptors (Lipinski definition) is 3. The Morgan fingerprint density at radius 3 is 2.33 bits per heavy atom.